The number of benzene rings is 1. The molecule has 0 saturated carbocycles. The van der Waals surface area contributed by atoms with E-state index in [0.717, 1.165) is 0 Å². The van der Waals surface area contributed by atoms with E-state index in [1.54, 1.807) is 12.1 Å². The van der Waals surface area contributed by atoms with Crippen molar-refractivity contribution in [2.75, 3.05) is 6.54 Å². The summed E-state index contributed by atoms with van der Waals surface area (Å²) in [5.41, 5.74) is 0.263. The zero-order valence-corrected chi connectivity index (χ0v) is 12.5. The van der Waals surface area contributed by atoms with E-state index in [1.807, 2.05) is 12.1 Å². The van der Waals surface area contributed by atoms with Crippen LogP contribution in [0.4, 0.5) is 0 Å². The molecular weight excluding hydrogens is 302 g/mol. The average Bonchev–Trinajstić information content (AvgIpc) is 3.04. The van der Waals surface area contributed by atoms with Gasteiger partial charge in [-0.05, 0) is 30.3 Å². The number of nitrogens with zero attached hydrogens (tertiary/aromatic N) is 3. The minimum absolute atomic E-state index is 0.0241. The molecule has 1 aromatic heterocycles. The van der Waals surface area contributed by atoms with Gasteiger partial charge in [-0.1, -0.05) is 6.07 Å². The Balaban J connectivity index is 2.35. The number of hydrogen-bond acceptors (Lipinski definition) is 5. The number of nitriles is 2. The van der Waals surface area contributed by atoms with Gasteiger partial charge in [-0.3, -0.25) is 0 Å². The maximum atomic E-state index is 12.7. The lowest BCUT2D eigenvalue weighted by Gasteiger charge is -2.20. The highest BCUT2D eigenvalue weighted by Crippen LogP contribution is 2.20. The second kappa shape index (κ2) is 6.90. The number of rotatable bonds is 6. The van der Waals surface area contributed by atoms with Crippen molar-refractivity contribution in [3.63, 3.8) is 0 Å². The summed E-state index contributed by atoms with van der Waals surface area (Å²) < 4.78 is 31.7. The third-order valence-electron chi connectivity index (χ3n) is 2.99. The summed E-state index contributed by atoms with van der Waals surface area (Å²) in [7, 11) is -3.81. The zero-order chi connectivity index (χ0) is 16.0. The lowest BCUT2D eigenvalue weighted by atomic mass is 10.2. The standard InChI is InChI=1S/C15H13N3O3S/c16-7-3-8-18(12-14-5-2-9-21-14)22(19,20)15-6-1-4-13(10-15)11-17/h1-2,4-6,9-10H,3,8,12H2. The van der Waals surface area contributed by atoms with Crippen molar-refractivity contribution in [1.82, 2.24) is 4.31 Å². The molecule has 0 aliphatic carbocycles. The summed E-state index contributed by atoms with van der Waals surface area (Å²) in [6.07, 6.45) is 1.53. The topological polar surface area (TPSA) is 98.1 Å². The first-order chi connectivity index (χ1) is 10.6. The molecule has 22 heavy (non-hydrogen) atoms. The van der Waals surface area contributed by atoms with Gasteiger partial charge in [-0.2, -0.15) is 14.8 Å². The summed E-state index contributed by atoms with van der Waals surface area (Å²) in [5.74, 6) is 0.484. The molecule has 0 unspecified atom stereocenters. The highest BCUT2D eigenvalue weighted by atomic mass is 32.2. The van der Waals surface area contributed by atoms with Gasteiger partial charge in [-0.15, -0.1) is 0 Å². The first kappa shape index (κ1) is 15.8. The molecule has 0 amide bonds. The molecule has 2 rings (SSSR count). The monoisotopic (exact) mass is 315 g/mol. The highest BCUT2D eigenvalue weighted by Gasteiger charge is 2.25. The minimum Gasteiger partial charge on any atom is -0.468 e. The Morgan fingerprint density at radius 2 is 2.00 bits per heavy atom. The molecule has 0 aliphatic heterocycles. The molecule has 2 aromatic rings. The number of hydrogen-bond donors (Lipinski definition) is 0. The van der Waals surface area contributed by atoms with Crippen LogP contribution in [0.15, 0.2) is 52.0 Å². The van der Waals surface area contributed by atoms with Crippen molar-refractivity contribution in [3.8, 4) is 12.1 Å². The third kappa shape index (κ3) is 3.53. The molecule has 112 valence electrons. The van der Waals surface area contributed by atoms with Crippen molar-refractivity contribution >= 4 is 10.0 Å². The van der Waals surface area contributed by atoms with Gasteiger partial charge in [-0.25, -0.2) is 8.42 Å². The average molecular weight is 315 g/mol. The molecule has 7 heteroatoms. The molecular formula is C15H13N3O3S. The van der Waals surface area contributed by atoms with E-state index < -0.39 is 10.0 Å². The van der Waals surface area contributed by atoms with Gasteiger partial charge in [0.2, 0.25) is 10.0 Å². The van der Waals surface area contributed by atoms with E-state index in [0.29, 0.717) is 5.76 Å². The fraction of sp³-hybridized carbons (Fsp3) is 0.200. The van der Waals surface area contributed by atoms with Gasteiger partial charge in [0, 0.05) is 13.0 Å². The fourth-order valence-electron chi connectivity index (χ4n) is 1.91. The van der Waals surface area contributed by atoms with Crippen LogP contribution in [0.1, 0.15) is 17.7 Å². The smallest absolute Gasteiger partial charge is 0.243 e. The summed E-state index contributed by atoms with van der Waals surface area (Å²) in [5, 5.41) is 17.6. The number of sulfonamides is 1. The first-order valence-electron chi connectivity index (χ1n) is 6.47. The van der Waals surface area contributed by atoms with Gasteiger partial charge in [0.05, 0.1) is 35.4 Å². The van der Waals surface area contributed by atoms with Crippen molar-refractivity contribution < 1.29 is 12.8 Å². The lowest BCUT2D eigenvalue weighted by Crippen LogP contribution is -2.31. The molecule has 6 nitrogen and oxygen atoms in total. The van der Waals surface area contributed by atoms with Crippen LogP contribution in [0.5, 0.6) is 0 Å². The molecule has 0 fully saturated rings. The van der Waals surface area contributed by atoms with E-state index >= 15 is 0 Å². The summed E-state index contributed by atoms with van der Waals surface area (Å²) in [6, 6.07) is 13.0. The van der Waals surface area contributed by atoms with Gasteiger partial charge in [0.1, 0.15) is 5.76 Å². The predicted octanol–water partition coefficient (Wildman–Crippen LogP) is 2.26. The Labute approximate surface area is 128 Å². The first-order valence-corrected chi connectivity index (χ1v) is 7.91. The van der Waals surface area contributed by atoms with E-state index in [4.69, 9.17) is 14.9 Å². The van der Waals surface area contributed by atoms with Gasteiger partial charge < -0.3 is 4.42 Å². The number of furan rings is 1. The second-order valence-electron chi connectivity index (χ2n) is 4.47. The minimum atomic E-state index is -3.81. The Morgan fingerprint density at radius 3 is 2.64 bits per heavy atom. The van der Waals surface area contributed by atoms with Crippen LogP contribution in [0.3, 0.4) is 0 Å². The molecule has 0 spiro atoms. The molecule has 1 aromatic carbocycles. The quantitative estimate of drug-likeness (QED) is 0.814. The molecule has 0 saturated heterocycles. The Kier molecular flexibility index (Phi) is 4.95. The van der Waals surface area contributed by atoms with E-state index in [1.165, 1.54) is 34.8 Å². The zero-order valence-electron chi connectivity index (χ0n) is 11.6. The molecule has 0 aliphatic rings. The van der Waals surface area contributed by atoms with Crippen LogP contribution in [-0.2, 0) is 16.6 Å². The van der Waals surface area contributed by atoms with Crippen LogP contribution in [-0.4, -0.2) is 19.3 Å². The maximum Gasteiger partial charge on any atom is 0.243 e. The summed E-state index contributed by atoms with van der Waals surface area (Å²) in [4.78, 5) is 0.0241. The van der Waals surface area contributed by atoms with Gasteiger partial charge in [0.15, 0.2) is 0 Å². The molecule has 0 N–H and O–H groups in total. The van der Waals surface area contributed by atoms with Crippen molar-refractivity contribution in [1.29, 1.82) is 10.5 Å². The normalized spacial score (nSPS) is 11.0. The van der Waals surface area contributed by atoms with Crippen LogP contribution >= 0.6 is 0 Å². The van der Waals surface area contributed by atoms with Crippen LogP contribution in [0.25, 0.3) is 0 Å². The van der Waals surface area contributed by atoms with Crippen LogP contribution in [0.2, 0.25) is 0 Å². The predicted molar refractivity (Wildman–Crippen MR) is 77.7 cm³/mol. The Bertz CT molecular complexity index is 814. The third-order valence-corrected chi connectivity index (χ3v) is 4.83. The van der Waals surface area contributed by atoms with Gasteiger partial charge in [0.25, 0.3) is 0 Å². The summed E-state index contributed by atoms with van der Waals surface area (Å²) >= 11 is 0. The van der Waals surface area contributed by atoms with Crippen LogP contribution < -0.4 is 0 Å². The fourth-order valence-corrected chi connectivity index (χ4v) is 3.36. The maximum absolute atomic E-state index is 12.7. The summed E-state index contributed by atoms with van der Waals surface area (Å²) in [6.45, 7) is 0.0874. The van der Waals surface area contributed by atoms with E-state index in [2.05, 4.69) is 0 Å². The van der Waals surface area contributed by atoms with Crippen molar-refractivity contribution in [3.05, 3.63) is 54.0 Å². The van der Waals surface area contributed by atoms with E-state index in [-0.39, 0.29) is 30.0 Å². The van der Waals surface area contributed by atoms with E-state index in [9.17, 15) is 8.42 Å². The van der Waals surface area contributed by atoms with Crippen LogP contribution in [0, 0.1) is 22.7 Å². The SMILES string of the molecule is N#CCCN(Cc1ccco1)S(=O)(=O)c1cccc(C#N)c1. The Morgan fingerprint density at radius 1 is 1.18 bits per heavy atom. The molecule has 1 heterocycles. The Hall–Kier alpha value is -2.61. The highest BCUT2D eigenvalue weighted by molar-refractivity contribution is 7.89. The second-order valence-corrected chi connectivity index (χ2v) is 6.40. The van der Waals surface area contributed by atoms with Crippen molar-refractivity contribution in [2.24, 2.45) is 0 Å². The molecule has 0 bridgehead atoms. The lowest BCUT2D eigenvalue weighted by molar-refractivity contribution is 0.368. The molecule has 0 radical (unpaired) electrons. The molecule has 0 atom stereocenters. The van der Waals surface area contributed by atoms with Gasteiger partial charge >= 0.3 is 0 Å². The largest absolute Gasteiger partial charge is 0.468 e. The van der Waals surface area contributed by atoms with Crippen molar-refractivity contribution in [2.45, 2.75) is 17.9 Å².